The minimum Gasteiger partial charge on any atom is -0.251 e. The molecule has 5 heteroatoms. The highest BCUT2D eigenvalue weighted by Gasteiger charge is 2.62. The van der Waals surface area contributed by atoms with Crippen LogP contribution in [0.1, 0.15) is 32.1 Å². The predicted molar refractivity (Wildman–Crippen MR) is 76.8 cm³/mol. The molecule has 2 unspecified atom stereocenters. The fourth-order valence-corrected chi connectivity index (χ4v) is 3.61. The molecule has 0 radical (unpaired) electrons. The molecule has 0 bridgehead atoms. The first-order valence-corrected chi connectivity index (χ1v) is 7.71. The Kier molecular flexibility index (Phi) is 5.45. The zero-order valence-corrected chi connectivity index (χ0v) is 12.3. The van der Waals surface area contributed by atoms with E-state index in [0.717, 1.165) is 12.2 Å². The quantitative estimate of drug-likeness (QED) is 0.459. The van der Waals surface area contributed by atoms with Gasteiger partial charge in [0.05, 0.1) is 6.67 Å². The fraction of sp³-hybridized carbons (Fsp3) is 0.647. The zero-order valence-electron chi connectivity index (χ0n) is 12.3. The summed E-state index contributed by atoms with van der Waals surface area (Å²) in [6.07, 6.45) is 3.84. The molecule has 0 saturated heterocycles. The van der Waals surface area contributed by atoms with Crippen LogP contribution in [0, 0.1) is 17.3 Å². The molecule has 2 atom stereocenters. The van der Waals surface area contributed by atoms with E-state index in [1.807, 2.05) is 6.08 Å². The highest BCUT2D eigenvalue weighted by molar-refractivity contribution is 5.25. The smallest absolute Gasteiger partial charge is 0.251 e. The first-order valence-electron chi connectivity index (χ1n) is 7.71. The Morgan fingerprint density at radius 3 is 2.32 bits per heavy atom. The van der Waals surface area contributed by atoms with E-state index in [-0.39, 0.29) is 5.92 Å². The summed E-state index contributed by atoms with van der Waals surface area (Å²) < 4.78 is 67.0. The van der Waals surface area contributed by atoms with Crippen molar-refractivity contribution in [2.75, 3.05) is 6.67 Å². The van der Waals surface area contributed by atoms with Gasteiger partial charge >= 0.3 is 6.18 Å². The van der Waals surface area contributed by atoms with Crippen LogP contribution in [-0.4, -0.2) is 19.0 Å². The van der Waals surface area contributed by atoms with E-state index in [9.17, 15) is 22.0 Å². The van der Waals surface area contributed by atoms with Crippen LogP contribution in [0.15, 0.2) is 36.5 Å². The SMILES string of the molecule is FCCC=C[C@H]1CC[C@H](C2(C(F)(F)F)C=CC=CC2F)CC1. The lowest BCUT2D eigenvalue weighted by Crippen LogP contribution is -2.51. The lowest BCUT2D eigenvalue weighted by Gasteiger charge is -2.45. The van der Waals surface area contributed by atoms with E-state index in [0.29, 0.717) is 32.1 Å². The van der Waals surface area contributed by atoms with E-state index < -0.39 is 30.4 Å². The molecule has 0 aromatic rings. The van der Waals surface area contributed by atoms with E-state index in [2.05, 4.69) is 0 Å². The average molecular weight is 320 g/mol. The first kappa shape index (κ1) is 17.2. The molecule has 0 N–H and O–H groups in total. The molecule has 22 heavy (non-hydrogen) atoms. The van der Waals surface area contributed by atoms with Gasteiger partial charge in [-0.25, -0.2) is 4.39 Å². The standard InChI is InChI=1S/C17H21F5/c18-12-4-2-5-13-7-9-14(10-8-13)16(17(20,21)22)11-3-1-6-15(16)19/h1-3,5-6,11,13-15H,4,7-10,12H2/t13-,14-,15?,16?. The van der Waals surface area contributed by atoms with E-state index in [4.69, 9.17) is 0 Å². The third kappa shape index (κ3) is 3.28. The van der Waals surface area contributed by atoms with Crippen LogP contribution in [0.3, 0.4) is 0 Å². The van der Waals surface area contributed by atoms with Gasteiger partial charge in [-0.05, 0) is 50.0 Å². The van der Waals surface area contributed by atoms with Gasteiger partial charge in [0.15, 0.2) is 0 Å². The number of hydrogen-bond donors (Lipinski definition) is 0. The van der Waals surface area contributed by atoms with Crippen molar-refractivity contribution in [2.24, 2.45) is 17.3 Å². The molecule has 0 heterocycles. The number of halogens is 5. The summed E-state index contributed by atoms with van der Waals surface area (Å²) in [6.45, 7) is -0.427. The molecular weight excluding hydrogens is 299 g/mol. The topological polar surface area (TPSA) is 0 Å². The second-order valence-electron chi connectivity index (χ2n) is 6.09. The van der Waals surface area contributed by atoms with Gasteiger partial charge < -0.3 is 0 Å². The zero-order chi connectivity index (χ0) is 16.2. The third-order valence-corrected chi connectivity index (χ3v) is 4.84. The van der Waals surface area contributed by atoms with Gasteiger partial charge in [0, 0.05) is 0 Å². The first-order chi connectivity index (χ1) is 10.4. The second kappa shape index (κ2) is 6.97. The Balaban J connectivity index is 2.10. The Morgan fingerprint density at radius 2 is 1.77 bits per heavy atom. The van der Waals surface area contributed by atoms with Gasteiger partial charge in [0.25, 0.3) is 0 Å². The molecule has 0 aromatic carbocycles. The maximum atomic E-state index is 14.2. The molecule has 0 nitrogen and oxygen atoms in total. The molecule has 0 amide bonds. The predicted octanol–water partition coefficient (Wildman–Crippen LogP) is 5.72. The van der Waals surface area contributed by atoms with Crippen molar-refractivity contribution in [2.45, 2.75) is 44.5 Å². The van der Waals surface area contributed by atoms with E-state index >= 15 is 0 Å². The van der Waals surface area contributed by atoms with Crippen molar-refractivity contribution in [1.82, 2.24) is 0 Å². The number of allylic oxidation sites excluding steroid dienone is 6. The van der Waals surface area contributed by atoms with Crippen molar-refractivity contribution < 1.29 is 22.0 Å². The van der Waals surface area contributed by atoms with Crippen molar-refractivity contribution in [1.29, 1.82) is 0 Å². The minimum absolute atomic E-state index is 0.175. The van der Waals surface area contributed by atoms with E-state index in [1.54, 1.807) is 6.08 Å². The van der Waals surface area contributed by atoms with Crippen LogP contribution in [0.5, 0.6) is 0 Å². The van der Waals surface area contributed by atoms with Crippen LogP contribution < -0.4 is 0 Å². The van der Waals surface area contributed by atoms with Crippen LogP contribution in [0.4, 0.5) is 22.0 Å². The van der Waals surface area contributed by atoms with Gasteiger partial charge in [-0.1, -0.05) is 30.4 Å². The van der Waals surface area contributed by atoms with Crippen LogP contribution in [-0.2, 0) is 0 Å². The average Bonchev–Trinajstić information content (AvgIpc) is 2.48. The Labute approximate surface area is 127 Å². The highest BCUT2D eigenvalue weighted by atomic mass is 19.4. The summed E-state index contributed by atoms with van der Waals surface area (Å²) in [5, 5.41) is 0. The van der Waals surface area contributed by atoms with Gasteiger partial charge in [0.1, 0.15) is 11.6 Å². The molecule has 124 valence electrons. The molecule has 0 aliphatic heterocycles. The van der Waals surface area contributed by atoms with Gasteiger partial charge in [-0.15, -0.1) is 0 Å². The molecule has 2 rings (SSSR count). The monoisotopic (exact) mass is 320 g/mol. The summed E-state index contributed by atoms with van der Waals surface area (Å²) in [4.78, 5) is 0. The highest BCUT2D eigenvalue weighted by Crippen LogP contribution is 2.55. The maximum Gasteiger partial charge on any atom is 0.401 e. The fourth-order valence-electron chi connectivity index (χ4n) is 3.61. The maximum absolute atomic E-state index is 14.2. The molecule has 1 saturated carbocycles. The second-order valence-corrected chi connectivity index (χ2v) is 6.09. The lowest BCUT2D eigenvalue weighted by atomic mass is 9.63. The summed E-state index contributed by atoms with van der Waals surface area (Å²) >= 11 is 0. The lowest BCUT2D eigenvalue weighted by molar-refractivity contribution is -0.242. The largest absolute Gasteiger partial charge is 0.401 e. The van der Waals surface area contributed by atoms with Gasteiger partial charge in [-0.3, -0.25) is 4.39 Å². The normalized spacial score (nSPS) is 36.1. The van der Waals surface area contributed by atoms with Crippen LogP contribution in [0.25, 0.3) is 0 Å². The van der Waals surface area contributed by atoms with E-state index in [1.165, 1.54) is 12.2 Å². The molecular formula is C17H21F5. The Bertz CT molecular complexity index is 440. The minimum atomic E-state index is -4.60. The van der Waals surface area contributed by atoms with Gasteiger partial charge in [0.2, 0.25) is 0 Å². The number of alkyl halides is 5. The van der Waals surface area contributed by atoms with Crippen LogP contribution in [0.2, 0.25) is 0 Å². The Morgan fingerprint density at radius 1 is 1.09 bits per heavy atom. The third-order valence-electron chi connectivity index (χ3n) is 4.84. The Hall–Kier alpha value is -1.13. The molecule has 0 spiro atoms. The van der Waals surface area contributed by atoms with Gasteiger partial charge in [-0.2, -0.15) is 13.2 Å². The van der Waals surface area contributed by atoms with Crippen molar-refractivity contribution in [3.63, 3.8) is 0 Å². The molecule has 1 fully saturated rings. The summed E-state index contributed by atoms with van der Waals surface area (Å²) in [7, 11) is 0. The number of hydrogen-bond acceptors (Lipinski definition) is 0. The summed E-state index contributed by atoms with van der Waals surface area (Å²) in [6, 6.07) is 0. The summed E-state index contributed by atoms with van der Waals surface area (Å²) in [5.74, 6) is -0.566. The molecule has 0 aromatic heterocycles. The molecule has 2 aliphatic carbocycles. The van der Waals surface area contributed by atoms with Crippen molar-refractivity contribution in [3.05, 3.63) is 36.5 Å². The van der Waals surface area contributed by atoms with Crippen molar-refractivity contribution >= 4 is 0 Å². The summed E-state index contributed by atoms with van der Waals surface area (Å²) in [5.41, 5.74) is -2.39. The number of rotatable bonds is 4. The van der Waals surface area contributed by atoms with Crippen molar-refractivity contribution in [3.8, 4) is 0 Å². The molecule has 2 aliphatic rings. The van der Waals surface area contributed by atoms with Crippen LogP contribution >= 0.6 is 0 Å².